The minimum atomic E-state index is -0.677. The Morgan fingerprint density at radius 3 is 2.71 bits per heavy atom. The van der Waals surface area contributed by atoms with Crippen molar-refractivity contribution in [2.45, 2.75) is 6.54 Å². The molecule has 0 atom stereocenters. The van der Waals surface area contributed by atoms with Crippen LogP contribution in [0.5, 0.6) is 5.75 Å². The smallest absolute Gasteiger partial charge is 0.291 e. The summed E-state index contributed by atoms with van der Waals surface area (Å²) in [6, 6.07) is 7.37. The molecule has 0 aliphatic carbocycles. The molecule has 0 unspecified atom stereocenters. The van der Waals surface area contributed by atoms with Crippen molar-refractivity contribution in [2.24, 2.45) is 0 Å². The van der Waals surface area contributed by atoms with Crippen LogP contribution < -0.4 is 4.74 Å². The molecule has 0 aliphatic heterocycles. The largest absolute Gasteiger partial charge is 0.497 e. The minimum Gasteiger partial charge on any atom is -0.497 e. The van der Waals surface area contributed by atoms with E-state index in [4.69, 9.17) is 16.3 Å². The molecule has 1 heterocycles. The van der Waals surface area contributed by atoms with Gasteiger partial charge in [-0.2, -0.15) is 0 Å². The van der Waals surface area contributed by atoms with E-state index in [0.717, 1.165) is 11.3 Å². The van der Waals surface area contributed by atoms with Crippen molar-refractivity contribution < 1.29 is 9.53 Å². The highest BCUT2D eigenvalue weighted by Gasteiger charge is 2.12. The molecule has 6 nitrogen and oxygen atoms in total. The molecule has 0 N–H and O–H groups in total. The molecular weight excluding hydrogens is 244 g/mol. The lowest BCUT2D eigenvalue weighted by Crippen LogP contribution is -2.09. The van der Waals surface area contributed by atoms with Crippen LogP contribution in [-0.2, 0) is 6.54 Å². The van der Waals surface area contributed by atoms with Gasteiger partial charge < -0.3 is 4.74 Å². The van der Waals surface area contributed by atoms with Crippen LogP contribution in [0.3, 0.4) is 0 Å². The first-order valence-electron chi connectivity index (χ1n) is 4.79. The molecule has 2 rings (SSSR count). The first-order valence-corrected chi connectivity index (χ1v) is 5.17. The van der Waals surface area contributed by atoms with Crippen molar-refractivity contribution in [3.8, 4) is 5.75 Å². The van der Waals surface area contributed by atoms with Gasteiger partial charge in [0.1, 0.15) is 5.75 Å². The quantitative estimate of drug-likeness (QED) is 0.763. The van der Waals surface area contributed by atoms with Crippen molar-refractivity contribution in [2.75, 3.05) is 7.11 Å². The Labute approximate surface area is 102 Å². The second kappa shape index (κ2) is 4.92. The van der Waals surface area contributed by atoms with Gasteiger partial charge in [-0.15, -0.1) is 5.10 Å². The summed E-state index contributed by atoms with van der Waals surface area (Å²) in [4.78, 5) is 11.0. The molecular formula is C10H9ClN4O2. The Kier molecular flexibility index (Phi) is 3.34. The molecule has 1 aromatic carbocycles. The molecule has 0 amide bonds. The zero-order valence-corrected chi connectivity index (χ0v) is 9.76. The highest BCUT2D eigenvalue weighted by atomic mass is 35.5. The van der Waals surface area contributed by atoms with Crippen LogP contribution in [0.1, 0.15) is 16.2 Å². The molecule has 0 saturated carbocycles. The molecule has 0 fully saturated rings. The lowest BCUT2D eigenvalue weighted by Gasteiger charge is -2.03. The average Bonchev–Trinajstić information content (AvgIpc) is 2.78. The number of hydrogen-bond donors (Lipinski definition) is 0. The Morgan fingerprint density at radius 1 is 1.41 bits per heavy atom. The van der Waals surface area contributed by atoms with Gasteiger partial charge in [-0.05, 0) is 39.7 Å². The summed E-state index contributed by atoms with van der Waals surface area (Å²) < 4.78 is 6.39. The number of rotatable bonds is 4. The van der Waals surface area contributed by atoms with Crippen molar-refractivity contribution in [1.82, 2.24) is 20.2 Å². The highest BCUT2D eigenvalue weighted by Crippen LogP contribution is 2.12. The standard InChI is InChI=1S/C10H9ClN4O2/c1-17-8-4-2-7(3-5-8)6-15-10(9(11)16)12-13-14-15/h2-5H,6H2,1H3. The van der Waals surface area contributed by atoms with Gasteiger partial charge in [0.25, 0.3) is 5.24 Å². The normalized spacial score (nSPS) is 10.2. The van der Waals surface area contributed by atoms with Gasteiger partial charge in [0, 0.05) is 0 Å². The van der Waals surface area contributed by atoms with E-state index in [-0.39, 0.29) is 5.82 Å². The molecule has 0 saturated heterocycles. The lowest BCUT2D eigenvalue weighted by molar-refractivity contribution is 0.106. The van der Waals surface area contributed by atoms with Crippen LogP contribution in [0.15, 0.2) is 24.3 Å². The summed E-state index contributed by atoms with van der Waals surface area (Å²) in [6.45, 7) is 0.380. The first kappa shape index (κ1) is 11.5. The predicted octanol–water partition coefficient (Wildman–Crippen LogP) is 1.11. The Hall–Kier alpha value is -1.95. The number of benzene rings is 1. The fraction of sp³-hybridized carbons (Fsp3) is 0.200. The minimum absolute atomic E-state index is 0.0301. The number of carbonyl (C=O) groups is 1. The highest BCUT2D eigenvalue weighted by molar-refractivity contribution is 6.67. The second-order valence-electron chi connectivity index (χ2n) is 3.28. The van der Waals surface area contributed by atoms with E-state index in [9.17, 15) is 4.79 Å². The van der Waals surface area contributed by atoms with Gasteiger partial charge in [0.15, 0.2) is 0 Å². The van der Waals surface area contributed by atoms with Gasteiger partial charge in [0.2, 0.25) is 5.82 Å². The zero-order valence-electron chi connectivity index (χ0n) is 9.00. The topological polar surface area (TPSA) is 69.9 Å². The van der Waals surface area contributed by atoms with E-state index < -0.39 is 5.24 Å². The van der Waals surface area contributed by atoms with E-state index >= 15 is 0 Å². The molecule has 0 spiro atoms. The van der Waals surface area contributed by atoms with Gasteiger partial charge in [-0.1, -0.05) is 12.1 Å². The monoisotopic (exact) mass is 252 g/mol. The fourth-order valence-corrected chi connectivity index (χ4v) is 1.49. The third-order valence-electron chi connectivity index (χ3n) is 2.20. The summed E-state index contributed by atoms with van der Waals surface area (Å²) >= 11 is 5.34. The van der Waals surface area contributed by atoms with E-state index in [2.05, 4.69) is 15.5 Å². The van der Waals surface area contributed by atoms with Gasteiger partial charge in [-0.25, -0.2) is 4.68 Å². The number of methoxy groups -OCH3 is 1. The van der Waals surface area contributed by atoms with Crippen LogP contribution >= 0.6 is 11.6 Å². The Balaban J connectivity index is 2.19. The van der Waals surface area contributed by atoms with Crippen molar-refractivity contribution in [3.63, 3.8) is 0 Å². The Morgan fingerprint density at radius 2 is 2.12 bits per heavy atom. The number of nitrogens with zero attached hydrogens (tertiary/aromatic N) is 4. The van der Waals surface area contributed by atoms with Crippen molar-refractivity contribution in [3.05, 3.63) is 35.7 Å². The van der Waals surface area contributed by atoms with Crippen molar-refractivity contribution >= 4 is 16.8 Å². The van der Waals surface area contributed by atoms with Crippen LogP contribution in [-0.4, -0.2) is 32.6 Å². The number of tetrazole rings is 1. The fourth-order valence-electron chi connectivity index (χ4n) is 1.36. The summed E-state index contributed by atoms with van der Waals surface area (Å²) in [5.41, 5.74) is 0.942. The summed E-state index contributed by atoms with van der Waals surface area (Å²) in [5, 5.41) is 9.96. The maximum atomic E-state index is 11.0. The van der Waals surface area contributed by atoms with Crippen LogP contribution in [0.2, 0.25) is 0 Å². The first-order chi connectivity index (χ1) is 8.20. The molecule has 7 heteroatoms. The van der Waals surface area contributed by atoms with Crippen molar-refractivity contribution in [1.29, 1.82) is 0 Å². The number of halogens is 1. The van der Waals surface area contributed by atoms with Crippen LogP contribution in [0.25, 0.3) is 0 Å². The summed E-state index contributed by atoms with van der Waals surface area (Å²) in [6.07, 6.45) is 0. The third-order valence-corrected chi connectivity index (χ3v) is 2.37. The average molecular weight is 253 g/mol. The molecule has 0 bridgehead atoms. The Bertz CT molecular complexity index is 523. The lowest BCUT2D eigenvalue weighted by atomic mass is 10.2. The van der Waals surface area contributed by atoms with E-state index in [1.165, 1.54) is 4.68 Å². The number of carbonyl (C=O) groups excluding carboxylic acids is 1. The maximum Gasteiger partial charge on any atom is 0.291 e. The van der Waals surface area contributed by atoms with E-state index in [1.807, 2.05) is 24.3 Å². The van der Waals surface area contributed by atoms with Gasteiger partial charge in [-0.3, -0.25) is 4.79 Å². The third kappa shape index (κ3) is 2.59. The zero-order chi connectivity index (χ0) is 12.3. The summed E-state index contributed by atoms with van der Waals surface area (Å²) in [5.74, 6) is 0.793. The summed E-state index contributed by atoms with van der Waals surface area (Å²) in [7, 11) is 1.60. The molecule has 0 aliphatic rings. The molecule has 1 aromatic heterocycles. The SMILES string of the molecule is COc1ccc(Cn2nnnc2C(=O)Cl)cc1. The molecule has 2 aromatic rings. The molecule has 88 valence electrons. The number of hydrogen-bond acceptors (Lipinski definition) is 5. The van der Waals surface area contributed by atoms with Gasteiger partial charge in [0.05, 0.1) is 13.7 Å². The van der Waals surface area contributed by atoms with Crippen LogP contribution in [0.4, 0.5) is 0 Å². The van der Waals surface area contributed by atoms with E-state index in [1.54, 1.807) is 7.11 Å². The maximum absolute atomic E-state index is 11.0. The number of aromatic nitrogens is 4. The molecule has 17 heavy (non-hydrogen) atoms. The van der Waals surface area contributed by atoms with Gasteiger partial charge >= 0.3 is 0 Å². The van der Waals surface area contributed by atoms with Crippen LogP contribution in [0, 0.1) is 0 Å². The predicted molar refractivity (Wildman–Crippen MR) is 60.1 cm³/mol. The molecule has 0 radical (unpaired) electrons. The second-order valence-corrected chi connectivity index (χ2v) is 3.63. The number of ether oxygens (including phenoxy) is 1. The van der Waals surface area contributed by atoms with E-state index in [0.29, 0.717) is 6.54 Å².